The molecule has 0 unspecified atom stereocenters. The molecule has 1 rings (SSSR count). The van der Waals surface area contributed by atoms with E-state index in [0.29, 0.717) is 5.69 Å². The Bertz CT molecular complexity index is 328. The number of hydrogen-bond acceptors (Lipinski definition) is 1. The lowest BCUT2D eigenvalue weighted by Gasteiger charge is -2.07. The van der Waals surface area contributed by atoms with Crippen LogP contribution in [0.1, 0.15) is 17.0 Å². The molecule has 0 aliphatic carbocycles. The molecule has 0 amide bonds. The molecule has 0 atom stereocenters. The summed E-state index contributed by atoms with van der Waals surface area (Å²) >= 11 is 0. The van der Waals surface area contributed by atoms with Crippen LogP contribution < -0.4 is 0 Å². The summed E-state index contributed by atoms with van der Waals surface area (Å²) in [5.41, 5.74) is -0.105. The second kappa shape index (κ2) is 3.20. The highest BCUT2D eigenvalue weighted by molar-refractivity contribution is 5.44. The molecule has 1 nitrogen and oxygen atoms in total. The third-order valence-electron chi connectivity index (χ3n) is 1.51. The number of halogens is 3. The minimum absolute atomic E-state index is 0.243. The fourth-order valence-electron chi connectivity index (χ4n) is 0.962. The molecule has 0 saturated carbocycles. The maximum absolute atomic E-state index is 12.2. The van der Waals surface area contributed by atoms with Gasteiger partial charge in [-0.2, -0.15) is 13.2 Å². The van der Waals surface area contributed by atoms with Crippen molar-refractivity contribution in [2.24, 2.45) is 0 Å². The van der Waals surface area contributed by atoms with Crippen LogP contribution in [0.3, 0.4) is 0 Å². The summed E-state index contributed by atoms with van der Waals surface area (Å²) in [6.45, 7) is 4.88. The van der Waals surface area contributed by atoms with Crippen LogP contribution in [0.5, 0.6) is 0 Å². The molecule has 0 aromatic carbocycles. The fraction of sp³-hybridized carbons (Fsp3) is 0.222. The molecule has 70 valence electrons. The van der Waals surface area contributed by atoms with Crippen molar-refractivity contribution in [1.29, 1.82) is 0 Å². The molecule has 4 heteroatoms. The normalized spacial score (nSPS) is 11.4. The summed E-state index contributed by atoms with van der Waals surface area (Å²) in [5.74, 6) is 0. The molecular weight excluding hydrogens is 179 g/mol. The third-order valence-corrected chi connectivity index (χ3v) is 1.51. The van der Waals surface area contributed by atoms with Crippen LogP contribution in [0, 0.1) is 6.92 Å². The number of rotatable bonds is 1. The van der Waals surface area contributed by atoms with Crippen molar-refractivity contribution in [1.82, 2.24) is 4.98 Å². The predicted molar refractivity (Wildman–Crippen MR) is 44.1 cm³/mol. The Labute approximate surface area is 73.9 Å². The third kappa shape index (κ3) is 2.31. The van der Waals surface area contributed by atoms with Crippen molar-refractivity contribution in [3.05, 3.63) is 35.7 Å². The molecule has 13 heavy (non-hydrogen) atoms. The van der Waals surface area contributed by atoms with Crippen molar-refractivity contribution < 1.29 is 13.2 Å². The highest BCUT2D eigenvalue weighted by Crippen LogP contribution is 2.29. The van der Waals surface area contributed by atoms with Gasteiger partial charge in [0.25, 0.3) is 0 Å². The number of nitrogens with zero attached hydrogens (tertiary/aromatic N) is 1. The molecule has 1 aromatic heterocycles. The SMILES string of the molecule is C=Cc1cc(C(F)(F)F)cc(C)n1. The fourth-order valence-corrected chi connectivity index (χ4v) is 0.962. The lowest BCUT2D eigenvalue weighted by Crippen LogP contribution is -2.06. The first kappa shape index (κ1) is 9.77. The van der Waals surface area contributed by atoms with Gasteiger partial charge in [-0.1, -0.05) is 6.58 Å². The smallest absolute Gasteiger partial charge is 0.254 e. The maximum atomic E-state index is 12.2. The predicted octanol–water partition coefficient (Wildman–Crippen LogP) is 3.05. The molecule has 0 fully saturated rings. The number of aromatic nitrogens is 1. The quantitative estimate of drug-likeness (QED) is 0.658. The zero-order valence-electron chi connectivity index (χ0n) is 7.02. The average Bonchev–Trinajstić information content (AvgIpc) is 2.01. The van der Waals surface area contributed by atoms with Gasteiger partial charge in [0, 0.05) is 5.69 Å². The Balaban J connectivity index is 3.24. The minimum Gasteiger partial charge on any atom is -0.254 e. The van der Waals surface area contributed by atoms with E-state index in [0.717, 1.165) is 12.1 Å². The van der Waals surface area contributed by atoms with Gasteiger partial charge in [0.15, 0.2) is 0 Å². The highest BCUT2D eigenvalue weighted by atomic mass is 19.4. The van der Waals surface area contributed by atoms with Gasteiger partial charge in [-0.25, -0.2) is 0 Å². The van der Waals surface area contributed by atoms with E-state index < -0.39 is 11.7 Å². The van der Waals surface area contributed by atoms with Crippen LogP contribution in [-0.2, 0) is 6.18 Å². The first-order valence-corrected chi connectivity index (χ1v) is 3.62. The zero-order valence-corrected chi connectivity index (χ0v) is 7.02. The van der Waals surface area contributed by atoms with Gasteiger partial charge in [-0.15, -0.1) is 0 Å². The van der Waals surface area contributed by atoms with E-state index in [-0.39, 0.29) is 5.69 Å². The number of aryl methyl sites for hydroxylation is 1. The van der Waals surface area contributed by atoms with E-state index in [2.05, 4.69) is 11.6 Å². The summed E-state index contributed by atoms with van der Waals surface area (Å²) < 4.78 is 36.7. The van der Waals surface area contributed by atoms with Gasteiger partial charge in [-0.3, -0.25) is 4.98 Å². The molecule has 0 aliphatic rings. The van der Waals surface area contributed by atoms with Crippen LogP contribution >= 0.6 is 0 Å². The molecule has 0 N–H and O–H groups in total. The topological polar surface area (TPSA) is 12.9 Å². The second-order valence-electron chi connectivity index (χ2n) is 2.62. The van der Waals surface area contributed by atoms with Crippen LogP contribution in [0.15, 0.2) is 18.7 Å². The van der Waals surface area contributed by atoms with Gasteiger partial charge in [0.2, 0.25) is 0 Å². The second-order valence-corrected chi connectivity index (χ2v) is 2.62. The summed E-state index contributed by atoms with van der Waals surface area (Å²) in [5, 5.41) is 0. The van der Waals surface area contributed by atoms with E-state index in [1.54, 1.807) is 0 Å². The number of hydrogen-bond donors (Lipinski definition) is 0. The van der Waals surface area contributed by atoms with E-state index in [1.165, 1.54) is 13.0 Å². The van der Waals surface area contributed by atoms with Crippen molar-refractivity contribution >= 4 is 6.08 Å². The van der Waals surface area contributed by atoms with Gasteiger partial charge >= 0.3 is 6.18 Å². The molecule has 0 saturated heterocycles. The number of alkyl halides is 3. The monoisotopic (exact) mass is 187 g/mol. The van der Waals surface area contributed by atoms with E-state index in [4.69, 9.17) is 0 Å². The lowest BCUT2D eigenvalue weighted by atomic mass is 10.2. The summed E-state index contributed by atoms with van der Waals surface area (Å²) in [4.78, 5) is 3.85. The van der Waals surface area contributed by atoms with Crippen LogP contribution in [0.4, 0.5) is 13.2 Å². The first-order chi connectivity index (χ1) is 5.93. The number of pyridine rings is 1. The molecular formula is C9H8F3N. The van der Waals surface area contributed by atoms with Gasteiger partial charge in [0.1, 0.15) is 0 Å². The minimum atomic E-state index is -4.31. The first-order valence-electron chi connectivity index (χ1n) is 3.62. The summed E-state index contributed by atoms with van der Waals surface area (Å²) in [6, 6.07) is 1.98. The van der Waals surface area contributed by atoms with Gasteiger partial charge in [-0.05, 0) is 25.1 Å². The van der Waals surface area contributed by atoms with E-state index in [9.17, 15) is 13.2 Å². The van der Waals surface area contributed by atoms with Crippen molar-refractivity contribution in [3.63, 3.8) is 0 Å². The Kier molecular flexibility index (Phi) is 2.40. The molecule has 1 heterocycles. The van der Waals surface area contributed by atoms with Gasteiger partial charge in [0.05, 0.1) is 11.3 Å². The Hall–Kier alpha value is -1.32. The van der Waals surface area contributed by atoms with Gasteiger partial charge < -0.3 is 0 Å². The Morgan fingerprint density at radius 2 is 2.00 bits per heavy atom. The molecule has 0 radical (unpaired) electrons. The summed E-state index contributed by atoms with van der Waals surface area (Å²) in [6.07, 6.45) is -3.02. The van der Waals surface area contributed by atoms with E-state index >= 15 is 0 Å². The van der Waals surface area contributed by atoms with Crippen molar-refractivity contribution in [3.8, 4) is 0 Å². The largest absolute Gasteiger partial charge is 0.416 e. The Morgan fingerprint density at radius 3 is 2.46 bits per heavy atom. The summed E-state index contributed by atoms with van der Waals surface area (Å²) in [7, 11) is 0. The average molecular weight is 187 g/mol. The van der Waals surface area contributed by atoms with Crippen molar-refractivity contribution in [2.75, 3.05) is 0 Å². The molecule has 0 aliphatic heterocycles. The lowest BCUT2D eigenvalue weighted by molar-refractivity contribution is -0.137. The maximum Gasteiger partial charge on any atom is 0.416 e. The molecule has 1 aromatic rings. The molecule has 0 bridgehead atoms. The Morgan fingerprint density at radius 1 is 1.38 bits per heavy atom. The highest BCUT2D eigenvalue weighted by Gasteiger charge is 2.30. The standard InChI is InChI=1S/C9H8F3N/c1-3-8-5-7(9(10,11)12)4-6(2)13-8/h3-5H,1H2,2H3. The van der Waals surface area contributed by atoms with Crippen molar-refractivity contribution in [2.45, 2.75) is 13.1 Å². The zero-order chi connectivity index (χ0) is 10.1. The molecule has 0 spiro atoms. The van der Waals surface area contributed by atoms with Crippen LogP contribution in [0.25, 0.3) is 6.08 Å². The van der Waals surface area contributed by atoms with Crippen LogP contribution in [0.2, 0.25) is 0 Å². The van der Waals surface area contributed by atoms with E-state index in [1.807, 2.05) is 0 Å². The van der Waals surface area contributed by atoms with Crippen LogP contribution in [-0.4, -0.2) is 4.98 Å².